The SMILES string of the molecule is CCCN(CCC)c1cc(C)nc(Nc2ccc(Br)cc2)n1. The van der Waals surface area contributed by atoms with Crippen molar-refractivity contribution < 1.29 is 0 Å². The summed E-state index contributed by atoms with van der Waals surface area (Å²) < 4.78 is 1.06. The van der Waals surface area contributed by atoms with E-state index in [1.165, 1.54) is 0 Å². The lowest BCUT2D eigenvalue weighted by Gasteiger charge is -2.23. The summed E-state index contributed by atoms with van der Waals surface area (Å²) in [6.45, 7) is 8.42. The number of aryl methyl sites for hydroxylation is 1. The van der Waals surface area contributed by atoms with Crippen molar-refractivity contribution in [3.63, 3.8) is 0 Å². The van der Waals surface area contributed by atoms with Crippen LogP contribution in [0, 0.1) is 6.92 Å². The Kier molecular flexibility index (Phi) is 6.19. The lowest BCUT2D eigenvalue weighted by Crippen LogP contribution is -2.26. The van der Waals surface area contributed by atoms with Crippen LogP contribution in [0.5, 0.6) is 0 Å². The molecule has 0 saturated heterocycles. The minimum absolute atomic E-state index is 0.648. The van der Waals surface area contributed by atoms with Crippen molar-refractivity contribution in [1.29, 1.82) is 0 Å². The summed E-state index contributed by atoms with van der Waals surface area (Å²) in [6, 6.07) is 10.1. The molecule has 118 valence electrons. The van der Waals surface area contributed by atoms with Crippen LogP contribution in [-0.2, 0) is 0 Å². The van der Waals surface area contributed by atoms with Gasteiger partial charge in [-0.1, -0.05) is 29.8 Å². The van der Waals surface area contributed by atoms with Crippen molar-refractivity contribution >= 4 is 33.4 Å². The summed E-state index contributed by atoms with van der Waals surface area (Å²) in [4.78, 5) is 11.5. The second kappa shape index (κ2) is 8.13. The second-order valence-corrected chi connectivity index (χ2v) is 6.23. The average Bonchev–Trinajstić information content (AvgIpc) is 2.49. The van der Waals surface area contributed by atoms with Gasteiger partial charge in [0.2, 0.25) is 5.95 Å². The van der Waals surface area contributed by atoms with Crippen LogP contribution < -0.4 is 10.2 Å². The fourth-order valence-electron chi connectivity index (χ4n) is 2.31. The fraction of sp³-hybridized carbons (Fsp3) is 0.412. The molecule has 1 aromatic heterocycles. The molecule has 0 bridgehead atoms. The molecule has 0 aliphatic rings. The smallest absolute Gasteiger partial charge is 0.229 e. The molecule has 0 spiro atoms. The molecule has 1 N–H and O–H groups in total. The van der Waals surface area contributed by atoms with Crippen molar-refractivity contribution in [1.82, 2.24) is 9.97 Å². The Morgan fingerprint density at radius 3 is 2.27 bits per heavy atom. The van der Waals surface area contributed by atoms with Gasteiger partial charge in [-0.15, -0.1) is 0 Å². The van der Waals surface area contributed by atoms with Gasteiger partial charge in [0.05, 0.1) is 0 Å². The molecule has 2 aromatic rings. The molecule has 0 unspecified atom stereocenters. The van der Waals surface area contributed by atoms with Gasteiger partial charge in [-0.25, -0.2) is 4.98 Å². The number of anilines is 3. The van der Waals surface area contributed by atoms with E-state index in [1.54, 1.807) is 0 Å². The van der Waals surface area contributed by atoms with Crippen LogP contribution in [0.25, 0.3) is 0 Å². The lowest BCUT2D eigenvalue weighted by atomic mass is 10.3. The first kappa shape index (κ1) is 16.7. The highest BCUT2D eigenvalue weighted by atomic mass is 79.9. The molecular weight excluding hydrogens is 340 g/mol. The quantitative estimate of drug-likeness (QED) is 0.758. The normalized spacial score (nSPS) is 10.5. The maximum Gasteiger partial charge on any atom is 0.229 e. The maximum atomic E-state index is 4.68. The summed E-state index contributed by atoms with van der Waals surface area (Å²) in [5.41, 5.74) is 1.96. The van der Waals surface area contributed by atoms with Crippen LogP contribution in [0.2, 0.25) is 0 Å². The Morgan fingerprint density at radius 2 is 1.68 bits per heavy atom. The first-order chi connectivity index (χ1) is 10.6. The van der Waals surface area contributed by atoms with Gasteiger partial charge in [0.15, 0.2) is 0 Å². The zero-order valence-corrected chi connectivity index (χ0v) is 15.0. The number of benzene rings is 1. The van der Waals surface area contributed by atoms with Crippen molar-refractivity contribution in [3.05, 3.63) is 40.5 Å². The van der Waals surface area contributed by atoms with E-state index in [9.17, 15) is 0 Å². The van der Waals surface area contributed by atoms with Crippen molar-refractivity contribution in [2.45, 2.75) is 33.6 Å². The number of aromatic nitrogens is 2. The van der Waals surface area contributed by atoms with Crippen LogP contribution in [0.1, 0.15) is 32.4 Å². The molecule has 0 aliphatic carbocycles. The molecule has 1 aromatic carbocycles. The van der Waals surface area contributed by atoms with Gasteiger partial charge in [-0.3, -0.25) is 0 Å². The third-order valence-corrected chi connectivity index (χ3v) is 3.78. The van der Waals surface area contributed by atoms with Gasteiger partial charge in [-0.05, 0) is 44.0 Å². The highest BCUT2D eigenvalue weighted by Crippen LogP contribution is 2.20. The predicted octanol–water partition coefficient (Wildman–Crippen LogP) is 4.92. The first-order valence-corrected chi connectivity index (χ1v) is 8.55. The van der Waals surface area contributed by atoms with Crippen LogP contribution in [-0.4, -0.2) is 23.1 Å². The van der Waals surface area contributed by atoms with Crippen LogP contribution in [0.3, 0.4) is 0 Å². The van der Waals surface area contributed by atoms with Crippen LogP contribution in [0.15, 0.2) is 34.8 Å². The minimum Gasteiger partial charge on any atom is -0.356 e. The van der Waals surface area contributed by atoms with Crippen molar-refractivity contribution in [2.24, 2.45) is 0 Å². The maximum absolute atomic E-state index is 4.68. The molecule has 0 atom stereocenters. The number of hydrogen-bond donors (Lipinski definition) is 1. The Bertz CT molecular complexity index is 592. The Hall–Kier alpha value is -1.62. The Labute approximate surface area is 141 Å². The highest BCUT2D eigenvalue weighted by molar-refractivity contribution is 9.10. The van der Waals surface area contributed by atoms with E-state index in [1.807, 2.05) is 31.2 Å². The zero-order valence-electron chi connectivity index (χ0n) is 13.4. The Balaban J connectivity index is 2.23. The molecule has 0 amide bonds. The topological polar surface area (TPSA) is 41.1 Å². The van der Waals surface area contributed by atoms with E-state index in [-0.39, 0.29) is 0 Å². The average molecular weight is 363 g/mol. The van der Waals surface area contributed by atoms with Crippen molar-refractivity contribution in [2.75, 3.05) is 23.3 Å². The number of nitrogens with one attached hydrogen (secondary N) is 1. The van der Waals surface area contributed by atoms with E-state index in [2.05, 4.69) is 56.0 Å². The monoisotopic (exact) mass is 362 g/mol. The summed E-state index contributed by atoms with van der Waals surface area (Å²) in [5.74, 6) is 1.64. The third-order valence-electron chi connectivity index (χ3n) is 3.25. The summed E-state index contributed by atoms with van der Waals surface area (Å²) in [7, 11) is 0. The molecule has 1 heterocycles. The highest BCUT2D eigenvalue weighted by Gasteiger charge is 2.09. The fourth-order valence-corrected chi connectivity index (χ4v) is 2.58. The van der Waals surface area contributed by atoms with E-state index in [0.29, 0.717) is 5.95 Å². The van der Waals surface area contributed by atoms with Crippen molar-refractivity contribution in [3.8, 4) is 0 Å². The van der Waals surface area contributed by atoms with Gasteiger partial charge in [0.1, 0.15) is 5.82 Å². The molecule has 22 heavy (non-hydrogen) atoms. The molecule has 4 nitrogen and oxygen atoms in total. The number of halogens is 1. The molecule has 2 rings (SSSR count). The van der Waals surface area contributed by atoms with Gasteiger partial charge in [0.25, 0.3) is 0 Å². The molecular formula is C17H23BrN4. The number of rotatable bonds is 7. The van der Waals surface area contributed by atoms with Gasteiger partial charge < -0.3 is 10.2 Å². The Morgan fingerprint density at radius 1 is 1.05 bits per heavy atom. The summed E-state index contributed by atoms with van der Waals surface area (Å²) in [5, 5.41) is 3.28. The minimum atomic E-state index is 0.648. The summed E-state index contributed by atoms with van der Waals surface area (Å²) in [6.07, 6.45) is 2.22. The third kappa shape index (κ3) is 4.70. The molecule has 0 saturated carbocycles. The zero-order chi connectivity index (χ0) is 15.9. The summed E-state index contributed by atoms with van der Waals surface area (Å²) >= 11 is 3.44. The van der Waals surface area contributed by atoms with Gasteiger partial charge >= 0.3 is 0 Å². The molecule has 0 aliphatic heterocycles. The number of nitrogens with zero attached hydrogens (tertiary/aromatic N) is 3. The van der Waals surface area contributed by atoms with E-state index in [4.69, 9.17) is 0 Å². The van der Waals surface area contributed by atoms with E-state index < -0.39 is 0 Å². The van der Waals surface area contributed by atoms with Crippen LogP contribution >= 0.6 is 15.9 Å². The van der Waals surface area contributed by atoms with Crippen LogP contribution in [0.4, 0.5) is 17.5 Å². The van der Waals surface area contributed by atoms with E-state index in [0.717, 1.165) is 47.6 Å². The largest absolute Gasteiger partial charge is 0.356 e. The lowest BCUT2D eigenvalue weighted by molar-refractivity contribution is 0.732. The van der Waals surface area contributed by atoms with Gasteiger partial charge in [0, 0.05) is 35.0 Å². The molecule has 5 heteroatoms. The second-order valence-electron chi connectivity index (χ2n) is 5.31. The molecule has 0 fully saturated rings. The number of hydrogen-bond acceptors (Lipinski definition) is 4. The standard InChI is InChI=1S/C17H23BrN4/c1-4-10-22(11-5-2)16-12-13(3)19-17(21-16)20-15-8-6-14(18)7-9-15/h6-9,12H,4-5,10-11H2,1-3H3,(H,19,20,21). The van der Waals surface area contributed by atoms with Gasteiger partial charge in [-0.2, -0.15) is 4.98 Å². The predicted molar refractivity (Wildman–Crippen MR) is 97.0 cm³/mol. The van der Waals surface area contributed by atoms with E-state index >= 15 is 0 Å². The first-order valence-electron chi connectivity index (χ1n) is 7.75. The molecule has 0 radical (unpaired) electrons.